The molecule has 0 amide bonds. The molecule has 4 heteroatoms. The van der Waals surface area contributed by atoms with Gasteiger partial charge in [0.25, 0.3) is 5.56 Å². The summed E-state index contributed by atoms with van der Waals surface area (Å²) in [4.78, 5) is 14.8. The van der Waals surface area contributed by atoms with Crippen molar-refractivity contribution in [3.8, 4) is 5.75 Å². The van der Waals surface area contributed by atoms with E-state index in [0.717, 1.165) is 31.9 Å². The predicted molar refractivity (Wildman–Crippen MR) is 107 cm³/mol. The molecular weight excluding hydrogens is 336 g/mol. The summed E-state index contributed by atoms with van der Waals surface area (Å²) in [5.74, 6) is 1.94. The van der Waals surface area contributed by atoms with Crippen LogP contribution < -0.4 is 10.3 Å². The largest absolute Gasteiger partial charge is 0.496 e. The quantitative estimate of drug-likeness (QED) is 0.715. The van der Waals surface area contributed by atoms with Crippen molar-refractivity contribution in [2.75, 3.05) is 20.2 Å². The van der Waals surface area contributed by atoms with Crippen LogP contribution in [-0.2, 0) is 13.1 Å². The van der Waals surface area contributed by atoms with E-state index in [9.17, 15) is 4.79 Å². The molecule has 1 saturated heterocycles. The predicted octanol–water partition coefficient (Wildman–Crippen LogP) is 3.63. The lowest BCUT2D eigenvalue weighted by Gasteiger charge is -2.43. The summed E-state index contributed by atoms with van der Waals surface area (Å²) in [6.45, 7) is 3.86. The van der Waals surface area contributed by atoms with Crippen LogP contribution in [-0.4, -0.2) is 29.7 Å². The normalized spacial score (nSPS) is 21.8. The highest BCUT2D eigenvalue weighted by molar-refractivity contribution is 5.91. The maximum Gasteiger partial charge on any atom is 0.250 e. The van der Waals surface area contributed by atoms with Crippen molar-refractivity contribution in [1.82, 2.24) is 9.47 Å². The monoisotopic (exact) mass is 360 g/mol. The Labute approximate surface area is 159 Å². The fourth-order valence-corrected chi connectivity index (χ4v) is 5.02. The van der Waals surface area contributed by atoms with Crippen LogP contribution in [0, 0.1) is 5.92 Å². The van der Waals surface area contributed by atoms with Crippen LogP contribution in [0.5, 0.6) is 5.75 Å². The van der Waals surface area contributed by atoms with Crippen molar-refractivity contribution in [3.63, 3.8) is 0 Å². The number of fused-ring (bicyclic) bond motifs is 5. The lowest BCUT2D eigenvalue weighted by Crippen LogP contribution is -2.46. The topological polar surface area (TPSA) is 34.5 Å². The van der Waals surface area contributed by atoms with E-state index in [1.165, 1.54) is 28.5 Å². The molecule has 5 rings (SSSR count). The number of nitrogens with zero attached hydrogens (tertiary/aromatic N) is 2. The molecule has 0 radical (unpaired) electrons. The van der Waals surface area contributed by atoms with E-state index < -0.39 is 0 Å². The number of piperidine rings is 1. The molecule has 0 aliphatic carbocycles. The number of aromatic nitrogens is 1. The fourth-order valence-electron chi connectivity index (χ4n) is 5.02. The van der Waals surface area contributed by atoms with Crippen LogP contribution in [0.1, 0.15) is 23.6 Å². The molecule has 2 atom stereocenters. The molecule has 2 aromatic carbocycles. The number of rotatable bonds is 3. The molecular formula is C23H24N2O2. The standard InChI is InChI=1S/C23H24N2O2/c1-27-22-10-9-17(19-5-2-3-6-20(19)22)14-24-12-16-11-18(15-24)21-7-4-8-23(26)25(21)13-16/h2-10,16,18H,11-15H2,1H3/t16-,18+/m1/s1. The lowest BCUT2D eigenvalue weighted by molar-refractivity contribution is 0.114. The van der Waals surface area contributed by atoms with Crippen molar-refractivity contribution in [2.24, 2.45) is 5.92 Å². The van der Waals surface area contributed by atoms with Gasteiger partial charge in [-0.1, -0.05) is 36.4 Å². The minimum atomic E-state index is 0.150. The van der Waals surface area contributed by atoms with Gasteiger partial charge in [-0.05, 0) is 35.4 Å². The number of ether oxygens (including phenoxy) is 1. The van der Waals surface area contributed by atoms with E-state index in [4.69, 9.17) is 4.74 Å². The summed E-state index contributed by atoms with van der Waals surface area (Å²) in [7, 11) is 1.73. The SMILES string of the molecule is COc1ccc(CN2C[C@H]3C[C@@H](C2)c2cccc(=O)n2C3)c2ccccc12. The number of hydrogen-bond acceptors (Lipinski definition) is 3. The number of benzene rings is 2. The average Bonchev–Trinajstić information content (AvgIpc) is 2.69. The Balaban J connectivity index is 1.45. The van der Waals surface area contributed by atoms with Crippen molar-refractivity contribution in [1.29, 1.82) is 0 Å². The van der Waals surface area contributed by atoms with Crippen LogP contribution in [0.25, 0.3) is 10.8 Å². The smallest absolute Gasteiger partial charge is 0.250 e. The Morgan fingerprint density at radius 3 is 2.67 bits per heavy atom. The minimum Gasteiger partial charge on any atom is -0.496 e. The first-order valence-corrected chi connectivity index (χ1v) is 9.69. The summed E-state index contributed by atoms with van der Waals surface area (Å²) in [6, 6.07) is 18.5. The number of pyridine rings is 1. The van der Waals surface area contributed by atoms with Crippen LogP contribution in [0.3, 0.4) is 0 Å². The zero-order valence-electron chi connectivity index (χ0n) is 15.6. The molecule has 3 heterocycles. The van der Waals surface area contributed by atoms with Gasteiger partial charge in [0.15, 0.2) is 0 Å². The maximum atomic E-state index is 12.2. The summed E-state index contributed by atoms with van der Waals surface area (Å²) in [6.07, 6.45) is 1.20. The summed E-state index contributed by atoms with van der Waals surface area (Å²) >= 11 is 0. The van der Waals surface area contributed by atoms with E-state index in [2.05, 4.69) is 47.4 Å². The van der Waals surface area contributed by atoms with Crippen LogP contribution in [0.4, 0.5) is 0 Å². The minimum absolute atomic E-state index is 0.150. The molecule has 0 unspecified atom stereocenters. The van der Waals surface area contributed by atoms with Gasteiger partial charge in [0.1, 0.15) is 5.75 Å². The van der Waals surface area contributed by atoms with Gasteiger partial charge in [0, 0.05) is 49.2 Å². The lowest BCUT2D eigenvalue weighted by atomic mass is 9.83. The second-order valence-electron chi connectivity index (χ2n) is 7.86. The molecule has 2 aliphatic rings. The van der Waals surface area contributed by atoms with Crippen molar-refractivity contribution >= 4 is 10.8 Å². The molecule has 2 bridgehead atoms. The highest BCUT2D eigenvalue weighted by atomic mass is 16.5. The van der Waals surface area contributed by atoms with Gasteiger partial charge in [-0.3, -0.25) is 9.69 Å². The molecule has 0 N–H and O–H groups in total. The molecule has 2 aliphatic heterocycles. The Hall–Kier alpha value is -2.59. The Bertz CT molecular complexity index is 1060. The summed E-state index contributed by atoms with van der Waals surface area (Å²) in [5, 5.41) is 2.44. The third-order valence-electron chi connectivity index (χ3n) is 6.14. The van der Waals surface area contributed by atoms with Gasteiger partial charge in [-0.2, -0.15) is 0 Å². The molecule has 1 aromatic heterocycles. The second kappa shape index (κ2) is 6.54. The van der Waals surface area contributed by atoms with Gasteiger partial charge in [0.2, 0.25) is 0 Å². The second-order valence-corrected chi connectivity index (χ2v) is 7.86. The maximum absolute atomic E-state index is 12.2. The molecule has 27 heavy (non-hydrogen) atoms. The highest BCUT2D eigenvalue weighted by Crippen LogP contribution is 2.36. The molecule has 0 saturated carbocycles. The molecule has 3 aromatic rings. The first kappa shape index (κ1) is 16.6. The first-order chi connectivity index (χ1) is 13.2. The Kier molecular flexibility index (Phi) is 4.01. The van der Waals surface area contributed by atoms with Gasteiger partial charge in [-0.25, -0.2) is 0 Å². The highest BCUT2D eigenvalue weighted by Gasteiger charge is 2.34. The van der Waals surface area contributed by atoms with E-state index in [-0.39, 0.29) is 5.56 Å². The molecule has 4 nitrogen and oxygen atoms in total. The molecule has 0 spiro atoms. The third-order valence-corrected chi connectivity index (χ3v) is 6.14. The van der Waals surface area contributed by atoms with E-state index in [0.29, 0.717) is 11.8 Å². The fraction of sp³-hybridized carbons (Fsp3) is 0.348. The first-order valence-electron chi connectivity index (χ1n) is 9.69. The number of hydrogen-bond donors (Lipinski definition) is 0. The van der Waals surface area contributed by atoms with Gasteiger partial charge >= 0.3 is 0 Å². The average molecular weight is 360 g/mol. The number of likely N-dealkylation sites (tertiary alicyclic amines) is 1. The zero-order chi connectivity index (χ0) is 18.4. The van der Waals surface area contributed by atoms with Crippen LogP contribution >= 0.6 is 0 Å². The van der Waals surface area contributed by atoms with Crippen LogP contribution in [0.2, 0.25) is 0 Å². The molecule has 138 valence electrons. The van der Waals surface area contributed by atoms with E-state index in [1.807, 2.05) is 10.6 Å². The van der Waals surface area contributed by atoms with Gasteiger partial charge in [-0.15, -0.1) is 0 Å². The third kappa shape index (κ3) is 2.85. The van der Waals surface area contributed by atoms with Crippen molar-refractivity contribution in [2.45, 2.75) is 25.4 Å². The summed E-state index contributed by atoms with van der Waals surface area (Å²) in [5.41, 5.74) is 2.71. The van der Waals surface area contributed by atoms with E-state index >= 15 is 0 Å². The van der Waals surface area contributed by atoms with Gasteiger partial charge < -0.3 is 9.30 Å². The van der Waals surface area contributed by atoms with Crippen LogP contribution in [0.15, 0.2) is 59.4 Å². The Morgan fingerprint density at radius 1 is 0.963 bits per heavy atom. The molecule has 1 fully saturated rings. The van der Waals surface area contributed by atoms with E-state index in [1.54, 1.807) is 13.2 Å². The zero-order valence-corrected chi connectivity index (χ0v) is 15.6. The van der Waals surface area contributed by atoms with Crippen molar-refractivity contribution in [3.05, 3.63) is 76.2 Å². The summed E-state index contributed by atoms with van der Waals surface area (Å²) < 4.78 is 7.54. The van der Waals surface area contributed by atoms with Gasteiger partial charge in [0.05, 0.1) is 7.11 Å². The number of methoxy groups -OCH3 is 1. The Morgan fingerprint density at radius 2 is 1.81 bits per heavy atom. The van der Waals surface area contributed by atoms with Crippen molar-refractivity contribution < 1.29 is 4.74 Å².